The average molecular weight is 314 g/mol. The summed E-state index contributed by atoms with van der Waals surface area (Å²) in [6.45, 7) is -1.23. The lowest BCUT2D eigenvalue weighted by molar-refractivity contribution is 0.0943. The number of hydrogen-bond donors (Lipinski definition) is 2. The van der Waals surface area contributed by atoms with Crippen molar-refractivity contribution in [2.24, 2.45) is 0 Å². The quantitative estimate of drug-likeness (QED) is 0.847. The van der Waals surface area contributed by atoms with Crippen molar-refractivity contribution in [3.8, 4) is 5.75 Å². The number of aliphatic hydroxyl groups is 1. The standard InChI is InChI=1S/C15H20F2N2O3/c1-22-12-6-5-10-3-2-4-11(10)14(12)18-15(21)19(7-8-20)9-13(16)17/h5-6,13,20H,2-4,7-9H2,1H3,(H,18,21). The second-order valence-electron chi connectivity index (χ2n) is 5.12. The van der Waals surface area contributed by atoms with E-state index >= 15 is 0 Å². The van der Waals surface area contributed by atoms with Crippen molar-refractivity contribution < 1.29 is 23.4 Å². The first-order valence-corrected chi connectivity index (χ1v) is 7.20. The van der Waals surface area contributed by atoms with Gasteiger partial charge < -0.3 is 20.1 Å². The molecule has 0 atom stereocenters. The number of carbonyl (C=O) groups excluding carboxylic acids is 1. The molecule has 0 saturated heterocycles. The van der Waals surface area contributed by atoms with E-state index in [0.29, 0.717) is 11.4 Å². The van der Waals surface area contributed by atoms with Gasteiger partial charge in [0, 0.05) is 6.54 Å². The second kappa shape index (κ2) is 7.40. The van der Waals surface area contributed by atoms with Crippen molar-refractivity contribution in [1.82, 2.24) is 4.90 Å². The molecule has 1 aromatic carbocycles. The number of ether oxygens (including phenoxy) is 1. The maximum absolute atomic E-state index is 12.5. The topological polar surface area (TPSA) is 61.8 Å². The molecule has 0 spiro atoms. The minimum absolute atomic E-state index is 0.145. The summed E-state index contributed by atoms with van der Waals surface area (Å²) >= 11 is 0. The molecule has 122 valence electrons. The summed E-state index contributed by atoms with van der Waals surface area (Å²) < 4.78 is 30.4. The number of fused-ring (bicyclic) bond motifs is 1. The van der Waals surface area contributed by atoms with Gasteiger partial charge in [0.1, 0.15) is 5.75 Å². The summed E-state index contributed by atoms with van der Waals surface area (Å²) in [6, 6.07) is 3.07. The molecule has 0 saturated carbocycles. The van der Waals surface area contributed by atoms with Gasteiger partial charge >= 0.3 is 6.03 Å². The largest absolute Gasteiger partial charge is 0.495 e. The number of nitrogens with one attached hydrogen (secondary N) is 1. The molecule has 0 fully saturated rings. The van der Waals surface area contributed by atoms with Gasteiger partial charge in [0.05, 0.1) is 25.9 Å². The maximum atomic E-state index is 12.5. The number of benzene rings is 1. The number of amides is 2. The molecule has 2 rings (SSSR count). The third-order valence-electron chi connectivity index (χ3n) is 3.71. The number of halogens is 2. The Bertz CT molecular complexity index is 538. The van der Waals surface area contributed by atoms with Gasteiger partial charge in [-0.3, -0.25) is 0 Å². The molecule has 2 amide bonds. The number of methoxy groups -OCH3 is 1. The Morgan fingerprint density at radius 1 is 1.45 bits per heavy atom. The second-order valence-corrected chi connectivity index (χ2v) is 5.12. The first-order chi connectivity index (χ1) is 10.6. The van der Waals surface area contributed by atoms with Crippen LogP contribution in [0, 0.1) is 0 Å². The Labute approximate surface area is 127 Å². The van der Waals surface area contributed by atoms with E-state index in [1.807, 2.05) is 6.07 Å². The zero-order chi connectivity index (χ0) is 16.1. The molecule has 7 heteroatoms. The van der Waals surface area contributed by atoms with Gasteiger partial charge in [-0.2, -0.15) is 0 Å². The first-order valence-electron chi connectivity index (χ1n) is 7.20. The van der Waals surface area contributed by atoms with E-state index in [2.05, 4.69) is 5.32 Å². The molecule has 1 aliphatic rings. The summed E-state index contributed by atoms with van der Waals surface area (Å²) in [5.74, 6) is 0.509. The number of anilines is 1. The fraction of sp³-hybridized carbons (Fsp3) is 0.533. The number of aryl methyl sites for hydroxylation is 1. The van der Waals surface area contributed by atoms with Crippen LogP contribution < -0.4 is 10.1 Å². The van der Waals surface area contributed by atoms with E-state index in [1.54, 1.807) is 6.07 Å². The lowest BCUT2D eigenvalue weighted by Crippen LogP contribution is -2.40. The van der Waals surface area contributed by atoms with E-state index in [-0.39, 0.29) is 13.2 Å². The monoisotopic (exact) mass is 314 g/mol. The number of carbonyl (C=O) groups is 1. The van der Waals surface area contributed by atoms with Gasteiger partial charge in [-0.1, -0.05) is 6.07 Å². The lowest BCUT2D eigenvalue weighted by Gasteiger charge is -2.23. The summed E-state index contributed by atoms with van der Waals surface area (Å²) in [4.78, 5) is 13.1. The van der Waals surface area contributed by atoms with Crippen LogP contribution in [0.15, 0.2) is 12.1 Å². The summed E-state index contributed by atoms with van der Waals surface area (Å²) in [6.07, 6.45) is 0.0833. The summed E-state index contributed by atoms with van der Waals surface area (Å²) in [5.41, 5.74) is 2.67. The number of nitrogens with zero attached hydrogens (tertiary/aromatic N) is 1. The minimum Gasteiger partial charge on any atom is -0.495 e. The Hall–Kier alpha value is -1.89. The molecule has 0 unspecified atom stereocenters. The first kappa shape index (κ1) is 16.5. The molecule has 0 bridgehead atoms. The normalized spacial score (nSPS) is 13.1. The minimum atomic E-state index is -2.65. The average Bonchev–Trinajstić information content (AvgIpc) is 2.95. The molecule has 0 aromatic heterocycles. The van der Waals surface area contributed by atoms with E-state index < -0.39 is 19.0 Å². The van der Waals surface area contributed by atoms with Crippen LogP contribution in [0.2, 0.25) is 0 Å². The van der Waals surface area contributed by atoms with Crippen molar-refractivity contribution in [1.29, 1.82) is 0 Å². The number of alkyl halides is 2. The van der Waals surface area contributed by atoms with Gasteiger partial charge in [0.2, 0.25) is 0 Å². The molecule has 0 aliphatic heterocycles. The molecule has 22 heavy (non-hydrogen) atoms. The Kier molecular flexibility index (Phi) is 5.54. The fourth-order valence-electron chi connectivity index (χ4n) is 2.70. The predicted octanol–water partition coefficient (Wildman–Crippen LogP) is 2.28. The van der Waals surface area contributed by atoms with Crippen molar-refractivity contribution in [2.75, 3.05) is 32.1 Å². The van der Waals surface area contributed by atoms with Crippen molar-refractivity contribution in [3.63, 3.8) is 0 Å². The van der Waals surface area contributed by atoms with Crippen LogP contribution in [0.5, 0.6) is 5.75 Å². The van der Waals surface area contributed by atoms with Crippen molar-refractivity contribution >= 4 is 11.7 Å². The molecular weight excluding hydrogens is 294 g/mol. The Morgan fingerprint density at radius 2 is 2.23 bits per heavy atom. The molecule has 0 radical (unpaired) electrons. The predicted molar refractivity (Wildman–Crippen MR) is 78.7 cm³/mol. The molecule has 1 aromatic rings. The van der Waals surface area contributed by atoms with Crippen LogP contribution in [0.1, 0.15) is 17.5 Å². The van der Waals surface area contributed by atoms with Crippen LogP contribution in [0.25, 0.3) is 0 Å². The smallest absolute Gasteiger partial charge is 0.322 e. The number of urea groups is 1. The van der Waals surface area contributed by atoms with E-state index in [0.717, 1.165) is 35.3 Å². The van der Waals surface area contributed by atoms with E-state index in [1.165, 1.54) is 7.11 Å². The SMILES string of the molecule is COc1ccc2c(c1NC(=O)N(CCO)CC(F)F)CCC2. The number of aliphatic hydroxyl groups excluding tert-OH is 1. The summed E-state index contributed by atoms with van der Waals surface area (Å²) in [7, 11) is 1.50. The third-order valence-corrected chi connectivity index (χ3v) is 3.71. The van der Waals surface area contributed by atoms with Crippen LogP contribution in [-0.4, -0.2) is 49.3 Å². The van der Waals surface area contributed by atoms with Gasteiger partial charge in [-0.25, -0.2) is 13.6 Å². The highest BCUT2D eigenvalue weighted by molar-refractivity contribution is 5.92. The fourth-order valence-corrected chi connectivity index (χ4v) is 2.70. The number of rotatable bonds is 6. The summed E-state index contributed by atoms with van der Waals surface area (Å²) in [5, 5.41) is 11.6. The van der Waals surface area contributed by atoms with Gasteiger partial charge in [0.25, 0.3) is 6.43 Å². The van der Waals surface area contributed by atoms with Crippen molar-refractivity contribution in [3.05, 3.63) is 23.3 Å². The maximum Gasteiger partial charge on any atom is 0.322 e. The molecule has 0 heterocycles. The molecule has 1 aliphatic carbocycles. The highest BCUT2D eigenvalue weighted by atomic mass is 19.3. The highest BCUT2D eigenvalue weighted by Gasteiger charge is 2.23. The van der Waals surface area contributed by atoms with Crippen molar-refractivity contribution in [2.45, 2.75) is 25.7 Å². The van der Waals surface area contributed by atoms with Crippen LogP contribution in [-0.2, 0) is 12.8 Å². The van der Waals surface area contributed by atoms with Crippen LogP contribution in [0.3, 0.4) is 0 Å². The van der Waals surface area contributed by atoms with Crippen LogP contribution in [0.4, 0.5) is 19.3 Å². The zero-order valence-corrected chi connectivity index (χ0v) is 12.4. The van der Waals surface area contributed by atoms with Gasteiger partial charge in [-0.05, 0) is 36.5 Å². The van der Waals surface area contributed by atoms with E-state index in [9.17, 15) is 13.6 Å². The zero-order valence-electron chi connectivity index (χ0n) is 12.4. The van der Waals surface area contributed by atoms with Gasteiger partial charge in [-0.15, -0.1) is 0 Å². The van der Waals surface area contributed by atoms with Gasteiger partial charge in [0.15, 0.2) is 0 Å². The Balaban J connectivity index is 2.21. The lowest BCUT2D eigenvalue weighted by atomic mass is 10.1. The molecule has 2 N–H and O–H groups in total. The molecular formula is C15H20F2N2O3. The molecule has 5 nitrogen and oxygen atoms in total. The number of hydrogen-bond acceptors (Lipinski definition) is 3. The third kappa shape index (κ3) is 3.65. The van der Waals surface area contributed by atoms with E-state index in [4.69, 9.17) is 9.84 Å². The Morgan fingerprint density at radius 3 is 2.86 bits per heavy atom. The highest BCUT2D eigenvalue weighted by Crippen LogP contribution is 2.36. The van der Waals surface area contributed by atoms with Crippen LogP contribution >= 0.6 is 0 Å².